The van der Waals surface area contributed by atoms with E-state index < -0.39 is 0 Å². The van der Waals surface area contributed by atoms with Gasteiger partial charge in [0, 0.05) is 38.1 Å². The van der Waals surface area contributed by atoms with E-state index in [1.54, 1.807) is 7.11 Å². The van der Waals surface area contributed by atoms with E-state index in [4.69, 9.17) is 9.73 Å². The van der Waals surface area contributed by atoms with Crippen LogP contribution in [0, 0.1) is 5.92 Å². The smallest absolute Gasteiger partial charge is 0.225 e. The second-order valence-corrected chi connectivity index (χ2v) is 8.11. The Balaban J connectivity index is 0.00000320. The second kappa shape index (κ2) is 13.0. The van der Waals surface area contributed by atoms with Gasteiger partial charge in [-0.05, 0) is 50.3 Å². The largest absolute Gasteiger partial charge is 0.497 e. The summed E-state index contributed by atoms with van der Waals surface area (Å²) in [5, 5.41) is 6.87. The van der Waals surface area contributed by atoms with E-state index >= 15 is 0 Å². The number of guanidine groups is 1. The van der Waals surface area contributed by atoms with Crippen LogP contribution in [0.15, 0.2) is 29.3 Å². The summed E-state index contributed by atoms with van der Waals surface area (Å²) < 4.78 is 5.21. The lowest BCUT2D eigenvalue weighted by Crippen LogP contribution is -2.45. The van der Waals surface area contributed by atoms with Crippen LogP contribution in [0.3, 0.4) is 0 Å². The molecular formula is C23H37IN4O2. The van der Waals surface area contributed by atoms with Crippen LogP contribution >= 0.6 is 24.0 Å². The van der Waals surface area contributed by atoms with Gasteiger partial charge in [0.15, 0.2) is 5.96 Å². The Labute approximate surface area is 198 Å². The van der Waals surface area contributed by atoms with Gasteiger partial charge in [-0.25, -0.2) is 0 Å². The maximum Gasteiger partial charge on any atom is 0.225 e. The van der Waals surface area contributed by atoms with Crippen molar-refractivity contribution in [3.63, 3.8) is 0 Å². The van der Waals surface area contributed by atoms with Gasteiger partial charge in [-0.1, -0.05) is 31.4 Å². The van der Waals surface area contributed by atoms with Gasteiger partial charge in [0.05, 0.1) is 7.11 Å². The summed E-state index contributed by atoms with van der Waals surface area (Å²) in [6, 6.07) is 8.42. The first-order valence-electron chi connectivity index (χ1n) is 11.2. The number of rotatable bonds is 7. The van der Waals surface area contributed by atoms with Crippen LogP contribution < -0.4 is 15.4 Å². The molecule has 0 aromatic heterocycles. The van der Waals surface area contributed by atoms with E-state index in [0.717, 1.165) is 63.6 Å². The highest BCUT2D eigenvalue weighted by Crippen LogP contribution is 2.26. The molecule has 1 saturated heterocycles. The van der Waals surface area contributed by atoms with Gasteiger partial charge >= 0.3 is 0 Å². The summed E-state index contributed by atoms with van der Waals surface area (Å²) >= 11 is 0. The van der Waals surface area contributed by atoms with Gasteiger partial charge < -0.3 is 20.3 Å². The summed E-state index contributed by atoms with van der Waals surface area (Å²) in [7, 11) is 1.68. The summed E-state index contributed by atoms with van der Waals surface area (Å²) in [6.07, 6.45) is 7.71. The third kappa shape index (κ3) is 7.32. The van der Waals surface area contributed by atoms with E-state index in [1.165, 1.54) is 24.8 Å². The molecule has 30 heavy (non-hydrogen) atoms. The van der Waals surface area contributed by atoms with Crippen LogP contribution in [0.2, 0.25) is 0 Å². The Bertz CT molecular complexity index is 674. The van der Waals surface area contributed by atoms with E-state index in [2.05, 4.69) is 34.6 Å². The number of carbonyl (C=O) groups excluding carboxylic acids is 1. The van der Waals surface area contributed by atoms with Gasteiger partial charge in [0.2, 0.25) is 5.91 Å². The number of hydrogen-bond donors (Lipinski definition) is 2. The fourth-order valence-corrected chi connectivity index (χ4v) is 4.29. The van der Waals surface area contributed by atoms with Gasteiger partial charge in [0.25, 0.3) is 0 Å². The van der Waals surface area contributed by atoms with Gasteiger partial charge in [-0.15, -0.1) is 24.0 Å². The van der Waals surface area contributed by atoms with Crippen molar-refractivity contribution in [2.45, 2.75) is 57.9 Å². The standard InChI is InChI=1S/C23H36N4O2.HI/c1-3-24-23(25-15-13-18-9-11-21(29-2)12-10-18)26-20-14-16-27(17-20)22(28)19-7-5-4-6-8-19;/h9-12,19-20H,3-8,13-17H2,1-2H3,(H2,24,25,26);1H. The van der Waals surface area contributed by atoms with Crippen molar-refractivity contribution in [1.82, 2.24) is 15.5 Å². The fourth-order valence-electron chi connectivity index (χ4n) is 4.29. The van der Waals surface area contributed by atoms with Gasteiger partial charge in [0.1, 0.15) is 5.75 Å². The van der Waals surface area contributed by atoms with Crippen LogP contribution in [0.4, 0.5) is 0 Å². The first-order valence-corrected chi connectivity index (χ1v) is 11.2. The highest BCUT2D eigenvalue weighted by Gasteiger charge is 2.31. The number of amides is 1. The topological polar surface area (TPSA) is 66.0 Å². The third-order valence-corrected chi connectivity index (χ3v) is 5.97. The second-order valence-electron chi connectivity index (χ2n) is 8.11. The minimum atomic E-state index is 0. The Hall–Kier alpha value is -1.51. The van der Waals surface area contributed by atoms with Gasteiger partial charge in [-0.3, -0.25) is 9.79 Å². The number of methoxy groups -OCH3 is 1. The quantitative estimate of drug-likeness (QED) is 0.323. The molecule has 1 atom stereocenters. The number of likely N-dealkylation sites (tertiary alicyclic amines) is 1. The molecule has 1 aliphatic carbocycles. The van der Waals surface area contributed by atoms with Crippen molar-refractivity contribution in [2.24, 2.45) is 10.9 Å². The van der Waals surface area contributed by atoms with Crippen LogP contribution in [0.25, 0.3) is 0 Å². The van der Waals surface area contributed by atoms with Crippen molar-refractivity contribution >= 4 is 35.8 Å². The molecule has 1 amide bonds. The van der Waals surface area contributed by atoms with E-state index in [1.807, 2.05) is 12.1 Å². The van der Waals surface area contributed by atoms with Crippen LogP contribution in [0.1, 0.15) is 51.0 Å². The average molecular weight is 528 g/mol. The van der Waals surface area contributed by atoms with E-state index in [9.17, 15) is 4.79 Å². The molecule has 1 saturated carbocycles. The van der Waals surface area contributed by atoms with E-state index in [0.29, 0.717) is 5.91 Å². The van der Waals surface area contributed by atoms with Crippen molar-refractivity contribution in [3.8, 4) is 5.75 Å². The lowest BCUT2D eigenvalue weighted by Gasteiger charge is -2.26. The molecule has 168 valence electrons. The predicted octanol–water partition coefficient (Wildman–Crippen LogP) is 3.59. The number of benzene rings is 1. The molecule has 0 spiro atoms. The van der Waals surface area contributed by atoms with Crippen LogP contribution in [0.5, 0.6) is 5.75 Å². The van der Waals surface area contributed by atoms with Crippen molar-refractivity contribution in [1.29, 1.82) is 0 Å². The number of hydrogen-bond acceptors (Lipinski definition) is 3. The predicted molar refractivity (Wildman–Crippen MR) is 133 cm³/mol. The monoisotopic (exact) mass is 528 g/mol. The average Bonchev–Trinajstić information content (AvgIpc) is 3.23. The number of halogens is 1. The highest BCUT2D eigenvalue weighted by molar-refractivity contribution is 14.0. The maximum atomic E-state index is 12.8. The lowest BCUT2D eigenvalue weighted by atomic mass is 9.88. The fraction of sp³-hybridized carbons (Fsp3) is 0.652. The van der Waals surface area contributed by atoms with Crippen molar-refractivity contribution in [3.05, 3.63) is 29.8 Å². The number of aliphatic imine (C=N–C) groups is 1. The molecule has 0 radical (unpaired) electrons. The number of nitrogens with zero attached hydrogens (tertiary/aromatic N) is 2. The minimum Gasteiger partial charge on any atom is -0.497 e. The Morgan fingerprint density at radius 2 is 1.90 bits per heavy atom. The van der Waals surface area contributed by atoms with Crippen LogP contribution in [-0.4, -0.2) is 56.1 Å². The summed E-state index contributed by atoms with van der Waals surface area (Å²) in [5.41, 5.74) is 1.25. The molecule has 1 unspecified atom stereocenters. The minimum absolute atomic E-state index is 0. The Kier molecular flexibility index (Phi) is 10.7. The number of ether oxygens (including phenoxy) is 1. The van der Waals surface area contributed by atoms with Crippen molar-refractivity contribution in [2.75, 3.05) is 33.3 Å². The van der Waals surface area contributed by atoms with Crippen molar-refractivity contribution < 1.29 is 9.53 Å². The molecule has 1 heterocycles. The molecule has 1 aromatic rings. The maximum absolute atomic E-state index is 12.8. The van der Waals surface area contributed by atoms with E-state index in [-0.39, 0.29) is 35.9 Å². The van der Waals surface area contributed by atoms with Gasteiger partial charge in [-0.2, -0.15) is 0 Å². The zero-order valence-electron chi connectivity index (χ0n) is 18.4. The SMILES string of the molecule is CCNC(=NCCc1ccc(OC)cc1)NC1CCN(C(=O)C2CCCCC2)C1.I. The number of nitrogens with one attached hydrogen (secondary N) is 2. The molecule has 2 N–H and O–H groups in total. The zero-order chi connectivity index (χ0) is 20.5. The Morgan fingerprint density at radius 3 is 2.57 bits per heavy atom. The normalized spacial score (nSPS) is 19.9. The highest BCUT2D eigenvalue weighted by atomic mass is 127. The molecule has 1 aromatic carbocycles. The molecule has 6 nitrogen and oxygen atoms in total. The summed E-state index contributed by atoms with van der Waals surface area (Å²) in [4.78, 5) is 19.6. The lowest BCUT2D eigenvalue weighted by molar-refractivity contribution is -0.135. The Morgan fingerprint density at radius 1 is 1.17 bits per heavy atom. The third-order valence-electron chi connectivity index (χ3n) is 5.97. The molecule has 1 aliphatic heterocycles. The molecule has 2 fully saturated rings. The zero-order valence-corrected chi connectivity index (χ0v) is 20.7. The molecule has 0 bridgehead atoms. The molecule has 7 heteroatoms. The first-order chi connectivity index (χ1) is 14.2. The summed E-state index contributed by atoms with van der Waals surface area (Å²) in [5.74, 6) is 2.35. The first kappa shape index (κ1) is 24.8. The van der Waals surface area contributed by atoms with Crippen LogP contribution in [-0.2, 0) is 11.2 Å². The molecule has 2 aliphatic rings. The molecular weight excluding hydrogens is 491 g/mol. The summed E-state index contributed by atoms with van der Waals surface area (Å²) in [6.45, 7) is 5.27. The molecule has 3 rings (SSSR count). The number of carbonyl (C=O) groups is 1.